The Morgan fingerprint density at radius 2 is 2.03 bits per heavy atom. The highest BCUT2D eigenvalue weighted by molar-refractivity contribution is 6.01. The van der Waals surface area contributed by atoms with Gasteiger partial charge < -0.3 is 20.1 Å². The molecule has 1 aromatic heterocycles. The largest absolute Gasteiger partial charge is 0.467 e. The molecule has 1 unspecified atom stereocenters. The van der Waals surface area contributed by atoms with Crippen LogP contribution in [0.25, 0.3) is 22.0 Å². The molecule has 3 aromatic rings. The Morgan fingerprint density at radius 1 is 1.16 bits per heavy atom. The molecule has 1 aliphatic heterocycles. The number of benzene rings is 2. The Kier molecular flexibility index (Phi) is 6.98. The van der Waals surface area contributed by atoms with Crippen LogP contribution in [0.4, 0.5) is 5.82 Å². The fourth-order valence-electron chi connectivity index (χ4n) is 3.83. The Bertz CT molecular complexity index is 1100. The molecule has 6 nitrogen and oxygen atoms in total. The molecule has 0 saturated carbocycles. The van der Waals surface area contributed by atoms with Crippen molar-refractivity contribution in [2.45, 2.75) is 32.7 Å². The van der Waals surface area contributed by atoms with E-state index in [1.807, 2.05) is 44.2 Å². The van der Waals surface area contributed by atoms with Gasteiger partial charge in [0, 0.05) is 41.1 Å². The molecule has 1 fully saturated rings. The normalized spacial score (nSPS) is 15.9. The molecule has 2 heterocycles. The minimum Gasteiger partial charge on any atom is -0.467 e. The number of piperidine rings is 1. The van der Waals surface area contributed by atoms with Crippen LogP contribution < -0.4 is 15.4 Å². The standard InChI is InChI=1S/C25H28N4O2/c1-3-8-18-12-13-22(23(15-18)31-17-30-4-2)24-20-10-5-6-11-21(20)25(29-28-24)27-19-9-7-14-26-16-19/h5-6,10-13,15,19,26H,4,7,9,14,16-17H2,1-2H3,(H,27,29). The van der Waals surface area contributed by atoms with Gasteiger partial charge in [-0.05, 0) is 51.4 Å². The fraction of sp³-hybridized carbons (Fsp3) is 0.360. The van der Waals surface area contributed by atoms with E-state index < -0.39 is 0 Å². The maximum atomic E-state index is 5.94. The van der Waals surface area contributed by atoms with E-state index in [0.717, 1.165) is 59.3 Å². The van der Waals surface area contributed by atoms with E-state index in [1.54, 1.807) is 0 Å². The zero-order chi connectivity index (χ0) is 21.5. The Morgan fingerprint density at radius 3 is 2.81 bits per heavy atom. The summed E-state index contributed by atoms with van der Waals surface area (Å²) in [5.74, 6) is 7.52. The zero-order valence-corrected chi connectivity index (χ0v) is 18.1. The van der Waals surface area contributed by atoms with E-state index in [9.17, 15) is 0 Å². The van der Waals surface area contributed by atoms with Crippen molar-refractivity contribution >= 4 is 16.6 Å². The number of nitrogens with zero attached hydrogens (tertiary/aromatic N) is 2. The molecular formula is C25H28N4O2. The van der Waals surface area contributed by atoms with Gasteiger partial charge in [-0.3, -0.25) is 0 Å². The molecule has 4 rings (SSSR count). The Labute approximate surface area is 183 Å². The van der Waals surface area contributed by atoms with Crippen LogP contribution in [0, 0.1) is 11.8 Å². The van der Waals surface area contributed by atoms with Crippen LogP contribution in [0.2, 0.25) is 0 Å². The lowest BCUT2D eigenvalue weighted by atomic mass is 10.0. The van der Waals surface area contributed by atoms with Gasteiger partial charge in [-0.1, -0.05) is 30.2 Å². The van der Waals surface area contributed by atoms with Gasteiger partial charge in [0.1, 0.15) is 11.4 Å². The van der Waals surface area contributed by atoms with E-state index in [2.05, 4.69) is 44.8 Å². The summed E-state index contributed by atoms with van der Waals surface area (Å²) in [7, 11) is 0. The monoisotopic (exact) mass is 416 g/mol. The third kappa shape index (κ3) is 4.96. The van der Waals surface area contributed by atoms with Crippen LogP contribution in [0.15, 0.2) is 42.5 Å². The maximum Gasteiger partial charge on any atom is 0.189 e. The van der Waals surface area contributed by atoms with Crippen molar-refractivity contribution in [2.75, 3.05) is 31.8 Å². The second-order valence-corrected chi connectivity index (χ2v) is 7.47. The van der Waals surface area contributed by atoms with Gasteiger partial charge in [-0.15, -0.1) is 16.1 Å². The van der Waals surface area contributed by atoms with E-state index >= 15 is 0 Å². The topological polar surface area (TPSA) is 68.3 Å². The van der Waals surface area contributed by atoms with Crippen LogP contribution >= 0.6 is 0 Å². The van der Waals surface area contributed by atoms with Gasteiger partial charge in [0.05, 0.1) is 0 Å². The summed E-state index contributed by atoms with van der Waals surface area (Å²) in [5.41, 5.74) is 2.54. The average molecular weight is 417 g/mol. The summed E-state index contributed by atoms with van der Waals surface area (Å²) in [6.07, 6.45) is 2.29. The summed E-state index contributed by atoms with van der Waals surface area (Å²) in [5, 5.41) is 18.3. The summed E-state index contributed by atoms with van der Waals surface area (Å²) < 4.78 is 11.3. The number of rotatable bonds is 7. The first-order chi connectivity index (χ1) is 15.3. The smallest absolute Gasteiger partial charge is 0.189 e. The van der Waals surface area contributed by atoms with Crippen molar-refractivity contribution in [3.05, 3.63) is 48.0 Å². The summed E-state index contributed by atoms with van der Waals surface area (Å²) >= 11 is 0. The molecule has 0 aliphatic carbocycles. The highest BCUT2D eigenvalue weighted by atomic mass is 16.7. The molecule has 1 atom stereocenters. The van der Waals surface area contributed by atoms with Gasteiger partial charge in [0.15, 0.2) is 12.6 Å². The first-order valence-electron chi connectivity index (χ1n) is 10.8. The second-order valence-electron chi connectivity index (χ2n) is 7.47. The van der Waals surface area contributed by atoms with Crippen molar-refractivity contribution in [1.29, 1.82) is 0 Å². The van der Waals surface area contributed by atoms with Gasteiger partial charge in [-0.25, -0.2) is 0 Å². The molecule has 0 amide bonds. The lowest BCUT2D eigenvalue weighted by Crippen LogP contribution is -2.38. The molecule has 160 valence electrons. The molecule has 0 bridgehead atoms. The Balaban J connectivity index is 1.75. The third-order valence-electron chi connectivity index (χ3n) is 5.33. The van der Waals surface area contributed by atoms with Crippen LogP contribution in [-0.4, -0.2) is 42.7 Å². The van der Waals surface area contributed by atoms with Crippen LogP contribution in [0.1, 0.15) is 32.3 Å². The molecule has 1 aliphatic rings. The van der Waals surface area contributed by atoms with Crippen molar-refractivity contribution in [3.63, 3.8) is 0 Å². The van der Waals surface area contributed by atoms with Crippen LogP contribution in [0.5, 0.6) is 5.75 Å². The van der Waals surface area contributed by atoms with E-state index in [0.29, 0.717) is 18.4 Å². The lowest BCUT2D eigenvalue weighted by molar-refractivity contribution is 0.0227. The lowest BCUT2D eigenvalue weighted by Gasteiger charge is -2.24. The van der Waals surface area contributed by atoms with Gasteiger partial charge in [0.2, 0.25) is 0 Å². The fourth-order valence-corrected chi connectivity index (χ4v) is 3.83. The number of hydrogen-bond acceptors (Lipinski definition) is 6. The molecule has 31 heavy (non-hydrogen) atoms. The van der Waals surface area contributed by atoms with E-state index in [4.69, 9.17) is 9.47 Å². The SMILES string of the molecule is CC#Cc1ccc(-c2nnc(NC3CCCNC3)c3ccccc23)c(OCOCC)c1. The quantitative estimate of drug-likeness (QED) is 0.342. The molecule has 0 spiro atoms. The average Bonchev–Trinajstić information content (AvgIpc) is 2.81. The predicted octanol–water partition coefficient (Wildman–Crippen LogP) is 4.20. The second kappa shape index (κ2) is 10.3. The zero-order valence-electron chi connectivity index (χ0n) is 18.1. The van der Waals surface area contributed by atoms with Gasteiger partial charge in [-0.2, -0.15) is 0 Å². The summed E-state index contributed by atoms with van der Waals surface area (Å²) in [6, 6.07) is 14.5. The number of anilines is 1. The van der Waals surface area contributed by atoms with Crippen LogP contribution in [-0.2, 0) is 4.74 Å². The highest BCUT2D eigenvalue weighted by Gasteiger charge is 2.18. The maximum absolute atomic E-state index is 5.94. The molecular weight excluding hydrogens is 388 g/mol. The van der Waals surface area contributed by atoms with E-state index in [-0.39, 0.29) is 6.79 Å². The van der Waals surface area contributed by atoms with Crippen LogP contribution in [0.3, 0.4) is 0 Å². The minimum absolute atomic E-state index is 0.173. The molecule has 0 radical (unpaired) electrons. The van der Waals surface area contributed by atoms with Crippen molar-refractivity contribution < 1.29 is 9.47 Å². The van der Waals surface area contributed by atoms with Crippen molar-refractivity contribution in [2.24, 2.45) is 0 Å². The van der Waals surface area contributed by atoms with Crippen molar-refractivity contribution in [3.8, 4) is 28.8 Å². The first kappa shape index (κ1) is 21.1. The highest BCUT2D eigenvalue weighted by Crippen LogP contribution is 2.36. The molecule has 1 saturated heterocycles. The third-order valence-corrected chi connectivity index (χ3v) is 5.33. The number of fused-ring (bicyclic) bond motifs is 1. The number of aromatic nitrogens is 2. The predicted molar refractivity (Wildman–Crippen MR) is 124 cm³/mol. The number of ether oxygens (including phenoxy) is 2. The summed E-state index contributed by atoms with van der Waals surface area (Å²) in [4.78, 5) is 0. The summed E-state index contributed by atoms with van der Waals surface area (Å²) in [6.45, 7) is 6.53. The number of nitrogens with one attached hydrogen (secondary N) is 2. The Hall–Kier alpha value is -3.14. The molecule has 6 heteroatoms. The first-order valence-corrected chi connectivity index (χ1v) is 10.8. The molecule has 2 N–H and O–H groups in total. The van der Waals surface area contributed by atoms with Gasteiger partial charge >= 0.3 is 0 Å². The molecule has 2 aromatic carbocycles. The van der Waals surface area contributed by atoms with Gasteiger partial charge in [0.25, 0.3) is 0 Å². The van der Waals surface area contributed by atoms with E-state index in [1.165, 1.54) is 0 Å². The number of hydrogen-bond donors (Lipinski definition) is 2. The van der Waals surface area contributed by atoms with Crippen molar-refractivity contribution in [1.82, 2.24) is 15.5 Å². The minimum atomic E-state index is 0.173.